The molecule has 176 valence electrons. The van der Waals surface area contributed by atoms with Crippen LogP contribution in [0.2, 0.25) is 0 Å². The van der Waals surface area contributed by atoms with Crippen LogP contribution in [0.4, 0.5) is 27.6 Å². The van der Waals surface area contributed by atoms with E-state index in [1.807, 2.05) is 0 Å². The number of hydrogen-bond donors (Lipinski definition) is 3. The highest BCUT2D eigenvalue weighted by atomic mass is 32.1. The van der Waals surface area contributed by atoms with E-state index in [4.69, 9.17) is 17.0 Å². The van der Waals surface area contributed by atoms with E-state index < -0.39 is 36.0 Å². The van der Waals surface area contributed by atoms with E-state index in [-0.39, 0.29) is 22.2 Å². The van der Waals surface area contributed by atoms with Gasteiger partial charge < -0.3 is 25.4 Å². The molecule has 2 aromatic rings. The molecule has 0 aromatic heterocycles. The van der Waals surface area contributed by atoms with Crippen LogP contribution in [0.15, 0.2) is 53.7 Å². The third-order valence-corrected chi connectivity index (χ3v) is 4.95. The first kappa shape index (κ1) is 24.2. The monoisotopic (exact) mass is 487 g/mol. The van der Waals surface area contributed by atoms with Crippen molar-refractivity contribution in [2.24, 2.45) is 0 Å². The van der Waals surface area contributed by atoms with Gasteiger partial charge in [0, 0.05) is 5.70 Å². The number of amides is 1. The van der Waals surface area contributed by atoms with Crippen LogP contribution >= 0.6 is 12.2 Å². The topological polar surface area (TPSA) is 71.6 Å². The molecule has 0 aliphatic carbocycles. The predicted octanol–water partition coefficient (Wildman–Crippen LogP) is 4.75. The van der Waals surface area contributed by atoms with Gasteiger partial charge in [0.05, 0.1) is 30.0 Å². The van der Waals surface area contributed by atoms with Gasteiger partial charge in [-0.3, -0.25) is 4.79 Å². The van der Waals surface area contributed by atoms with Gasteiger partial charge in [0.2, 0.25) is 0 Å². The number of anilines is 1. The predicted molar refractivity (Wildman–Crippen MR) is 114 cm³/mol. The largest absolute Gasteiger partial charge is 0.493 e. The molecule has 0 bridgehead atoms. The molecule has 6 nitrogen and oxygen atoms in total. The van der Waals surface area contributed by atoms with Crippen molar-refractivity contribution in [1.82, 2.24) is 10.6 Å². The minimum atomic E-state index is -4.68. The van der Waals surface area contributed by atoms with Crippen molar-refractivity contribution >= 4 is 28.9 Å². The fraction of sp³-hybridized carbons (Fsp3) is 0.238. The van der Waals surface area contributed by atoms with Gasteiger partial charge >= 0.3 is 12.8 Å². The Morgan fingerprint density at radius 3 is 2.48 bits per heavy atom. The van der Waals surface area contributed by atoms with Crippen LogP contribution < -0.4 is 25.4 Å². The van der Waals surface area contributed by atoms with Crippen LogP contribution in [-0.2, 0) is 11.0 Å². The second-order valence-corrected chi connectivity index (χ2v) is 7.26. The molecular weight excluding hydrogens is 469 g/mol. The third-order valence-electron chi connectivity index (χ3n) is 4.73. The number of thiocarbonyl (C=S) groups is 1. The zero-order chi connectivity index (χ0) is 24.3. The highest BCUT2D eigenvalue weighted by molar-refractivity contribution is 7.80. The Morgan fingerprint density at radius 1 is 1.15 bits per heavy atom. The molecule has 33 heavy (non-hydrogen) atoms. The molecule has 1 atom stereocenters. The van der Waals surface area contributed by atoms with Gasteiger partial charge in [-0.1, -0.05) is 18.2 Å². The molecule has 1 aliphatic heterocycles. The van der Waals surface area contributed by atoms with Crippen molar-refractivity contribution < 1.29 is 36.2 Å². The molecule has 1 aliphatic rings. The zero-order valence-electron chi connectivity index (χ0n) is 17.2. The maximum Gasteiger partial charge on any atom is 0.418 e. The fourth-order valence-electron chi connectivity index (χ4n) is 3.33. The first-order chi connectivity index (χ1) is 15.5. The number of benzene rings is 2. The number of nitrogens with one attached hydrogen (secondary N) is 3. The van der Waals surface area contributed by atoms with Gasteiger partial charge in [-0.15, -0.1) is 0 Å². The number of carbonyl (C=O) groups is 1. The number of allylic oxidation sites excluding steroid dienone is 1. The third kappa shape index (κ3) is 5.51. The van der Waals surface area contributed by atoms with Crippen molar-refractivity contribution in [3.63, 3.8) is 0 Å². The van der Waals surface area contributed by atoms with Gasteiger partial charge in [-0.2, -0.15) is 22.0 Å². The van der Waals surface area contributed by atoms with Crippen molar-refractivity contribution in [1.29, 1.82) is 0 Å². The lowest BCUT2D eigenvalue weighted by molar-refractivity contribution is -0.137. The molecule has 0 unspecified atom stereocenters. The van der Waals surface area contributed by atoms with Crippen molar-refractivity contribution in [3.05, 3.63) is 64.9 Å². The molecule has 0 radical (unpaired) electrons. The first-order valence-electron chi connectivity index (χ1n) is 9.40. The number of halogens is 5. The van der Waals surface area contributed by atoms with E-state index in [9.17, 15) is 26.7 Å². The molecule has 1 heterocycles. The highest BCUT2D eigenvalue weighted by Crippen LogP contribution is 2.37. The standard InChI is InChI=1S/C21H18F5N3O3S/c1-10-16(18(30)28-13-6-4-3-5-12(13)21(24,25)26)17(29-20(33)27-10)11-7-8-14(32-19(22)23)15(9-11)31-2/h3-9,17,19H,1-2H3,(H,28,30)(H2,27,29,33)/t17-/m0/s1. The van der Waals surface area contributed by atoms with E-state index in [0.29, 0.717) is 11.3 Å². The van der Waals surface area contributed by atoms with Gasteiger partial charge in [0.1, 0.15) is 0 Å². The van der Waals surface area contributed by atoms with Crippen LogP contribution in [0.1, 0.15) is 24.1 Å². The summed E-state index contributed by atoms with van der Waals surface area (Å²) in [5.41, 5.74) is -0.690. The average molecular weight is 487 g/mol. The lowest BCUT2D eigenvalue weighted by atomic mass is 9.94. The van der Waals surface area contributed by atoms with Gasteiger partial charge in [-0.05, 0) is 49.0 Å². The molecule has 2 aromatic carbocycles. The Balaban J connectivity index is 1.99. The Morgan fingerprint density at radius 2 is 1.85 bits per heavy atom. The normalized spacial score (nSPS) is 16.2. The Bertz CT molecular complexity index is 1100. The minimum absolute atomic E-state index is 0.0288. The van der Waals surface area contributed by atoms with Crippen molar-refractivity contribution in [2.75, 3.05) is 12.4 Å². The van der Waals surface area contributed by atoms with Crippen molar-refractivity contribution in [3.8, 4) is 11.5 Å². The van der Waals surface area contributed by atoms with Crippen LogP contribution in [0.25, 0.3) is 0 Å². The summed E-state index contributed by atoms with van der Waals surface area (Å²) in [6.07, 6.45) is -4.68. The highest BCUT2D eigenvalue weighted by Gasteiger charge is 2.35. The Kier molecular flexibility index (Phi) is 7.06. The van der Waals surface area contributed by atoms with E-state index >= 15 is 0 Å². The molecular formula is C21H18F5N3O3S. The molecule has 1 amide bonds. The lowest BCUT2D eigenvalue weighted by Crippen LogP contribution is -2.45. The van der Waals surface area contributed by atoms with Crippen LogP contribution in [0.5, 0.6) is 11.5 Å². The average Bonchev–Trinajstić information content (AvgIpc) is 2.72. The maximum atomic E-state index is 13.3. The Hall–Kier alpha value is -3.41. The number of para-hydroxylation sites is 1. The number of carbonyl (C=O) groups excluding carboxylic acids is 1. The van der Waals surface area contributed by atoms with Crippen LogP contribution in [0, 0.1) is 0 Å². The second kappa shape index (κ2) is 9.61. The summed E-state index contributed by atoms with van der Waals surface area (Å²) < 4.78 is 74.8. The maximum absolute atomic E-state index is 13.3. The van der Waals surface area contributed by atoms with E-state index in [1.54, 1.807) is 0 Å². The number of ether oxygens (including phenoxy) is 2. The van der Waals surface area contributed by atoms with Gasteiger partial charge in [-0.25, -0.2) is 0 Å². The summed E-state index contributed by atoms with van der Waals surface area (Å²) in [4.78, 5) is 13.1. The number of methoxy groups -OCH3 is 1. The molecule has 0 saturated carbocycles. The molecule has 0 spiro atoms. The second-order valence-electron chi connectivity index (χ2n) is 6.86. The fourth-order valence-corrected chi connectivity index (χ4v) is 3.60. The Labute approximate surface area is 190 Å². The van der Waals surface area contributed by atoms with E-state index in [2.05, 4.69) is 20.7 Å². The summed E-state index contributed by atoms with van der Waals surface area (Å²) >= 11 is 5.15. The SMILES string of the molecule is COc1cc([C@@H]2NC(=S)NC(C)=C2C(=O)Nc2ccccc2C(F)(F)F)ccc1OC(F)F. The number of alkyl halides is 5. The summed E-state index contributed by atoms with van der Waals surface area (Å²) in [6.45, 7) is -1.54. The molecule has 12 heteroatoms. The summed E-state index contributed by atoms with van der Waals surface area (Å²) in [5, 5.41) is 8.11. The first-order valence-corrected chi connectivity index (χ1v) is 9.80. The summed E-state index contributed by atoms with van der Waals surface area (Å²) in [5.74, 6) is -1.07. The number of hydrogen-bond acceptors (Lipinski definition) is 4. The van der Waals surface area contributed by atoms with E-state index in [1.165, 1.54) is 44.4 Å². The molecule has 3 rings (SSSR count). The van der Waals surface area contributed by atoms with Gasteiger partial charge in [0.25, 0.3) is 5.91 Å². The van der Waals surface area contributed by atoms with E-state index in [0.717, 1.165) is 12.1 Å². The molecule has 3 N–H and O–H groups in total. The van der Waals surface area contributed by atoms with Crippen molar-refractivity contribution in [2.45, 2.75) is 25.8 Å². The lowest BCUT2D eigenvalue weighted by Gasteiger charge is -2.31. The molecule has 0 fully saturated rings. The van der Waals surface area contributed by atoms with Crippen LogP contribution in [0.3, 0.4) is 0 Å². The molecule has 0 saturated heterocycles. The number of rotatable bonds is 6. The smallest absolute Gasteiger partial charge is 0.418 e. The summed E-state index contributed by atoms with van der Waals surface area (Å²) in [6, 6.07) is 7.67. The quantitative estimate of drug-likeness (QED) is 0.404. The van der Waals surface area contributed by atoms with Crippen LogP contribution in [-0.4, -0.2) is 24.7 Å². The minimum Gasteiger partial charge on any atom is -0.493 e. The zero-order valence-corrected chi connectivity index (χ0v) is 18.0. The summed E-state index contributed by atoms with van der Waals surface area (Å²) in [7, 11) is 1.25. The van der Waals surface area contributed by atoms with Gasteiger partial charge in [0.15, 0.2) is 16.6 Å².